The van der Waals surface area contributed by atoms with Crippen LogP contribution in [-0.4, -0.2) is 38.2 Å². The number of amides is 1. The van der Waals surface area contributed by atoms with Gasteiger partial charge in [0.15, 0.2) is 11.6 Å². The molecule has 1 amide bonds. The quantitative estimate of drug-likeness (QED) is 0.700. The van der Waals surface area contributed by atoms with Crippen molar-refractivity contribution in [1.29, 1.82) is 0 Å². The minimum atomic E-state index is -0.339. The summed E-state index contributed by atoms with van der Waals surface area (Å²) in [5.74, 6) is 0.638. The van der Waals surface area contributed by atoms with Crippen molar-refractivity contribution in [3.05, 3.63) is 59.7 Å². The van der Waals surface area contributed by atoms with Crippen LogP contribution in [0.2, 0.25) is 0 Å². The van der Waals surface area contributed by atoms with Gasteiger partial charge < -0.3 is 14.8 Å². The van der Waals surface area contributed by atoms with Gasteiger partial charge in [0.05, 0.1) is 20.8 Å². The summed E-state index contributed by atoms with van der Waals surface area (Å²) >= 11 is 0. The molecule has 0 atom stereocenters. The van der Waals surface area contributed by atoms with Crippen LogP contribution < -0.4 is 14.8 Å². The number of rotatable bonds is 9. The Morgan fingerprint density at radius 2 is 1.19 bits per heavy atom. The molecule has 0 saturated carbocycles. The number of hydrogen-bond acceptors (Lipinski definition) is 5. The van der Waals surface area contributed by atoms with Crippen LogP contribution in [0.5, 0.6) is 11.5 Å². The number of Topliss-reactive ketones (excluding diaryl/α,β-unsaturated/α-hetero) is 2. The third-order valence-corrected chi connectivity index (χ3v) is 3.85. The Balaban J connectivity index is 1.77. The minimum Gasteiger partial charge on any atom is -0.497 e. The summed E-state index contributed by atoms with van der Waals surface area (Å²) in [6, 6.07) is 13.4. The van der Waals surface area contributed by atoms with Crippen molar-refractivity contribution < 1.29 is 23.9 Å². The van der Waals surface area contributed by atoms with Gasteiger partial charge in [-0.05, 0) is 48.5 Å². The number of benzene rings is 2. The Morgan fingerprint density at radius 1 is 0.731 bits per heavy atom. The van der Waals surface area contributed by atoms with Gasteiger partial charge in [0.25, 0.3) is 0 Å². The fourth-order valence-electron chi connectivity index (χ4n) is 2.29. The molecule has 2 rings (SSSR count). The fourth-order valence-corrected chi connectivity index (χ4v) is 2.29. The van der Waals surface area contributed by atoms with Crippen molar-refractivity contribution in [2.45, 2.75) is 12.8 Å². The lowest BCUT2D eigenvalue weighted by atomic mass is 10.1. The third-order valence-electron chi connectivity index (χ3n) is 3.85. The van der Waals surface area contributed by atoms with Crippen molar-refractivity contribution in [2.75, 3.05) is 20.8 Å². The van der Waals surface area contributed by atoms with Crippen LogP contribution in [0.4, 0.5) is 0 Å². The lowest BCUT2D eigenvalue weighted by Gasteiger charge is -2.06. The van der Waals surface area contributed by atoms with Gasteiger partial charge in [-0.15, -0.1) is 0 Å². The van der Waals surface area contributed by atoms with E-state index in [2.05, 4.69) is 5.32 Å². The molecule has 0 spiro atoms. The average Bonchev–Trinajstić information content (AvgIpc) is 2.70. The Bertz CT molecular complexity index is 700. The summed E-state index contributed by atoms with van der Waals surface area (Å²) in [4.78, 5) is 36.0. The lowest BCUT2D eigenvalue weighted by molar-refractivity contribution is -0.120. The zero-order valence-corrected chi connectivity index (χ0v) is 14.8. The van der Waals surface area contributed by atoms with E-state index in [-0.39, 0.29) is 36.9 Å². The Hall–Kier alpha value is -3.15. The molecule has 6 nitrogen and oxygen atoms in total. The Kier molecular flexibility index (Phi) is 6.91. The fraction of sp³-hybridized carbons (Fsp3) is 0.250. The van der Waals surface area contributed by atoms with Gasteiger partial charge in [-0.3, -0.25) is 14.4 Å². The van der Waals surface area contributed by atoms with E-state index in [1.54, 1.807) is 62.8 Å². The molecular formula is C20H21NO5. The van der Waals surface area contributed by atoms with Gasteiger partial charge in [-0.25, -0.2) is 0 Å². The molecule has 0 fully saturated rings. The van der Waals surface area contributed by atoms with E-state index >= 15 is 0 Å². The van der Waals surface area contributed by atoms with E-state index in [0.717, 1.165) is 0 Å². The molecule has 2 aromatic rings. The SMILES string of the molecule is COc1ccc(C(=O)CCC(=O)NCC(=O)c2ccc(OC)cc2)cc1. The third kappa shape index (κ3) is 5.44. The summed E-state index contributed by atoms with van der Waals surface area (Å²) in [6.45, 7) is -0.109. The summed E-state index contributed by atoms with van der Waals surface area (Å²) in [7, 11) is 3.10. The highest BCUT2D eigenvalue weighted by atomic mass is 16.5. The van der Waals surface area contributed by atoms with Crippen molar-refractivity contribution in [3.8, 4) is 11.5 Å². The first kappa shape index (κ1) is 19.2. The largest absolute Gasteiger partial charge is 0.497 e. The molecule has 0 bridgehead atoms. The number of carbonyl (C=O) groups is 3. The molecule has 136 valence electrons. The second kappa shape index (κ2) is 9.36. The van der Waals surface area contributed by atoms with E-state index in [0.29, 0.717) is 22.6 Å². The summed E-state index contributed by atoms with van der Waals surface area (Å²) < 4.78 is 10.1. The molecule has 0 aliphatic heterocycles. The number of hydrogen-bond donors (Lipinski definition) is 1. The maximum absolute atomic E-state index is 12.1. The Labute approximate surface area is 152 Å². The van der Waals surface area contributed by atoms with Crippen LogP contribution in [0.3, 0.4) is 0 Å². The van der Waals surface area contributed by atoms with Gasteiger partial charge in [0.1, 0.15) is 11.5 Å². The number of nitrogens with one attached hydrogen (secondary N) is 1. The normalized spacial score (nSPS) is 10.1. The van der Waals surface area contributed by atoms with Crippen LogP contribution >= 0.6 is 0 Å². The average molecular weight is 355 g/mol. The van der Waals surface area contributed by atoms with Crippen LogP contribution in [-0.2, 0) is 4.79 Å². The first-order valence-corrected chi connectivity index (χ1v) is 8.14. The summed E-state index contributed by atoms with van der Waals surface area (Å²) in [6.07, 6.45) is 0.107. The topological polar surface area (TPSA) is 81.7 Å². The molecular weight excluding hydrogens is 334 g/mol. The van der Waals surface area contributed by atoms with E-state index < -0.39 is 0 Å². The monoisotopic (exact) mass is 355 g/mol. The van der Waals surface area contributed by atoms with Gasteiger partial charge in [0, 0.05) is 24.0 Å². The number of ether oxygens (including phenoxy) is 2. The maximum Gasteiger partial charge on any atom is 0.220 e. The first-order valence-electron chi connectivity index (χ1n) is 8.14. The standard InChI is InChI=1S/C20H21NO5/c1-25-16-7-3-14(4-8-16)18(22)11-12-20(24)21-13-19(23)15-5-9-17(26-2)10-6-15/h3-10H,11-13H2,1-2H3,(H,21,24). The number of ketones is 2. The highest BCUT2D eigenvalue weighted by molar-refractivity contribution is 6.00. The van der Waals surface area contributed by atoms with Crippen LogP contribution in [0.1, 0.15) is 33.6 Å². The van der Waals surface area contributed by atoms with Gasteiger partial charge in [0.2, 0.25) is 5.91 Å². The predicted octanol–water partition coefficient (Wildman–Crippen LogP) is 2.67. The van der Waals surface area contributed by atoms with Crippen molar-refractivity contribution in [3.63, 3.8) is 0 Å². The highest BCUT2D eigenvalue weighted by Crippen LogP contribution is 2.13. The van der Waals surface area contributed by atoms with Crippen LogP contribution in [0, 0.1) is 0 Å². The van der Waals surface area contributed by atoms with E-state index in [1.165, 1.54) is 0 Å². The first-order chi connectivity index (χ1) is 12.5. The molecule has 0 unspecified atom stereocenters. The smallest absolute Gasteiger partial charge is 0.220 e. The molecule has 0 radical (unpaired) electrons. The molecule has 1 N–H and O–H groups in total. The molecule has 6 heteroatoms. The molecule has 26 heavy (non-hydrogen) atoms. The number of methoxy groups -OCH3 is 2. The molecule has 0 aliphatic carbocycles. The van der Waals surface area contributed by atoms with Gasteiger partial charge in [-0.2, -0.15) is 0 Å². The summed E-state index contributed by atoms with van der Waals surface area (Å²) in [5.41, 5.74) is 1.01. The summed E-state index contributed by atoms with van der Waals surface area (Å²) in [5, 5.41) is 2.54. The zero-order valence-electron chi connectivity index (χ0n) is 14.8. The van der Waals surface area contributed by atoms with Gasteiger partial charge >= 0.3 is 0 Å². The van der Waals surface area contributed by atoms with Crippen molar-refractivity contribution >= 4 is 17.5 Å². The minimum absolute atomic E-state index is 0.0285. The second-order valence-corrected chi connectivity index (χ2v) is 5.58. The maximum atomic E-state index is 12.1. The second-order valence-electron chi connectivity index (χ2n) is 5.58. The van der Waals surface area contributed by atoms with Crippen LogP contribution in [0.15, 0.2) is 48.5 Å². The molecule has 0 aliphatic rings. The van der Waals surface area contributed by atoms with E-state index in [4.69, 9.17) is 9.47 Å². The molecule has 2 aromatic carbocycles. The highest BCUT2D eigenvalue weighted by Gasteiger charge is 2.12. The van der Waals surface area contributed by atoms with E-state index in [1.807, 2.05) is 0 Å². The molecule has 0 aromatic heterocycles. The number of carbonyl (C=O) groups excluding carboxylic acids is 3. The Morgan fingerprint density at radius 3 is 1.65 bits per heavy atom. The lowest BCUT2D eigenvalue weighted by Crippen LogP contribution is -2.29. The van der Waals surface area contributed by atoms with E-state index in [9.17, 15) is 14.4 Å². The molecule has 0 saturated heterocycles. The van der Waals surface area contributed by atoms with Gasteiger partial charge in [-0.1, -0.05) is 0 Å². The van der Waals surface area contributed by atoms with Crippen molar-refractivity contribution in [1.82, 2.24) is 5.32 Å². The predicted molar refractivity (Wildman–Crippen MR) is 96.9 cm³/mol. The molecule has 0 heterocycles. The van der Waals surface area contributed by atoms with Crippen molar-refractivity contribution in [2.24, 2.45) is 0 Å². The zero-order chi connectivity index (χ0) is 18.9. The van der Waals surface area contributed by atoms with Crippen LogP contribution in [0.25, 0.3) is 0 Å².